The summed E-state index contributed by atoms with van der Waals surface area (Å²) < 4.78 is 10.9. The second-order valence-electron chi connectivity index (χ2n) is 7.08. The molecule has 1 N–H and O–H groups in total. The SMILES string of the molecule is COc1ccccc1/C(O)=C1\C(=O)C(=O)N(CCOC(C)C)C1c1sccc1C. The summed E-state index contributed by atoms with van der Waals surface area (Å²) in [6, 6.07) is 8.17. The number of likely N-dealkylation sites (tertiary alicyclic amines) is 1. The van der Waals surface area contributed by atoms with Crippen molar-refractivity contribution in [2.45, 2.75) is 32.9 Å². The number of rotatable bonds is 7. The maximum absolute atomic E-state index is 13.0. The normalized spacial score (nSPS) is 18.7. The minimum Gasteiger partial charge on any atom is -0.507 e. The van der Waals surface area contributed by atoms with Crippen LogP contribution in [0.15, 0.2) is 41.3 Å². The molecule has 3 rings (SSSR count). The zero-order valence-electron chi connectivity index (χ0n) is 17.0. The van der Waals surface area contributed by atoms with Gasteiger partial charge in [0.1, 0.15) is 11.5 Å². The molecule has 154 valence electrons. The van der Waals surface area contributed by atoms with Crippen molar-refractivity contribution >= 4 is 28.8 Å². The van der Waals surface area contributed by atoms with Crippen molar-refractivity contribution in [3.8, 4) is 5.75 Å². The standard InChI is InChI=1S/C22H25NO5S/c1-13(2)28-11-10-23-18(21-14(3)9-12-29-21)17(20(25)22(23)26)19(24)15-7-5-6-8-16(15)27-4/h5-9,12-13,18,24H,10-11H2,1-4H3/b19-17+. The molecule has 1 aromatic carbocycles. The lowest BCUT2D eigenvalue weighted by Gasteiger charge is -2.25. The lowest BCUT2D eigenvalue weighted by molar-refractivity contribution is -0.140. The van der Waals surface area contributed by atoms with Crippen molar-refractivity contribution in [2.24, 2.45) is 0 Å². The van der Waals surface area contributed by atoms with Gasteiger partial charge < -0.3 is 19.5 Å². The fourth-order valence-electron chi connectivity index (χ4n) is 3.42. The number of ether oxygens (including phenoxy) is 2. The van der Waals surface area contributed by atoms with Gasteiger partial charge in [-0.1, -0.05) is 12.1 Å². The van der Waals surface area contributed by atoms with Crippen LogP contribution in [-0.2, 0) is 14.3 Å². The third-order valence-corrected chi connectivity index (χ3v) is 5.91. The fourth-order valence-corrected chi connectivity index (χ4v) is 4.47. The van der Waals surface area contributed by atoms with Crippen LogP contribution in [0.25, 0.3) is 5.76 Å². The molecule has 1 fully saturated rings. The van der Waals surface area contributed by atoms with Gasteiger partial charge in [0.2, 0.25) is 0 Å². The van der Waals surface area contributed by atoms with Gasteiger partial charge in [0.15, 0.2) is 0 Å². The van der Waals surface area contributed by atoms with Crippen LogP contribution in [0.3, 0.4) is 0 Å². The molecule has 1 unspecified atom stereocenters. The first-order chi connectivity index (χ1) is 13.9. The first kappa shape index (κ1) is 21.1. The van der Waals surface area contributed by atoms with Gasteiger partial charge >= 0.3 is 0 Å². The van der Waals surface area contributed by atoms with Crippen LogP contribution in [-0.4, -0.2) is 48.1 Å². The Morgan fingerprint density at radius 3 is 2.59 bits per heavy atom. The van der Waals surface area contributed by atoms with Gasteiger partial charge in [-0.3, -0.25) is 9.59 Å². The number of amides is 1. The van der Waals surface area contributed by atoms with Gasteiger partial charge in [-0.2, -0.15) is 0 Å². The second-order valence-corrected chi connectivity index (χ2v) is 8.03. The highest BCUT2D eigenvalue weighted by atomic mass is 32.1. The van der Waals surface area contributed by atoms with Crippen LogP contribution in [0.2, 0.25) is 0 Å². The number of methoxy groups -OCH3 is 1. The Morgan fingerprint density at radius 1 is 1.24 bits per heavy atom. The van der Waals surface area contributed by atoms with Gasteiger partial charge in [-0.15, -0.1) is 11.3 Å². The lowest BCUT2D eigenvalue weighted by atomic mass is 9.98. The lowest BCUT2D eigenvalue weighted by Crippen LogP contribution is -2.33. The van der Waals surface area contributed by atoms with E-state index in [2.05, 4.69) is 0 Å². The molecule has 1 amide bonds. The number of nitrogens with zero attached hydrogens (tertiary/aromatic N) is 1. The fraction of sp³-hybridized carbons (Fsp3) is 0.364. The summed E-state index contributed by atoms with van der Waals surface area (Å²) in [5, 5.41) is 13.0. The highest BCUT2D eigenvalue weighted by Crippen LogP contribution is 2.43. The average molecular weight is 416 g/mol. The number of aryl methyl sites for hydroxylation is 1. The largest absolute Gasteiger partial charge is 0.507 e. The molecule has 2 aromatic rings. The summed E-state index contributed by atoms with van der Waals surface area (Å²) in [7, 11) is 1.49. The van der Waals surface area contributed by atoms with Crippen molar-refractivity contribution in [3.05, 3.63) is 57.3 Å². The average Bonchev–Trinajstić information content (AvgIpc) is 3.23. The minimum absolute atomic E-state index is 0.0160. The van der Waals surface area contributed by atoms with Crippen LogP contribution in [0.1, 0.15) is 35.9 Å². The molecule has 29 heavy (non-hydrogen) atoms. The quantitative estimate of drug-likeness (QED) is 0.422. The Morgan fingerprint density at radius 2 is 1.97 bits per heavy atom. The van der Waals surface area contributed by atoms with E-state index in [0.717, 1.165) is 10.4 Å². The molecule has 1 saturated heterocycles. The van der Waals surface area contributed by atoms with E-state index in [-0.39, 0.29) is 24.0 Å². The maximum Gasteiger partial charge on any atom is 0.295 e. The highest BCUT2D eigenvalue weighted by Gasteiger charge is 2.47. The molecular formula is C22H25NO5S. The van der Waals surface area contributed by atoms with E-state index >= 15 is 0 Å². The van der Waals surface area contributed by atoms with Crippen LogP contribution < -0.4 is 4.74 Å². The number of carbonyl (C=O) groups is 2. The molecule has 1 aliphatic heterocycles. The van der Waals surface area contributed by atoms with E-state index in [0.29, 0.717) is 17.9 Å². The molecule has 1 aromatic heterocycles. The number of Topliss-reactive ketones (excluding diaryl/α,β-unsaturated/α-hetero) is 1. The monoisotopic (exact) mass is 415 g/mol. The number of ketones is 1. The van der Waals surface area contributed by atoms with Crippen LogP contribution in [0.5, 0.6) is 5.75 Å². The Labute approximate surface area is 174 Å². The van der Waals surface area contributed by atoms with Gasteiger partial charge in [0.05, 0.1) is 37.0 Å². The number of aliphatic hydroxyl groups excluding tert-OH is 1. The molecule has 0 radical (unpaired) electrons. The van der Waals surface area contributed by atoms with Crippen molar-refractivity contribution in [2.75, 3.05) is 20.3 Å². The summed E-state index contributed by atoms with van der Waals surface area (Å²) in [6.07, 6.45) is 0.0160. The predicted octanol–water partition coefficient (Wildman–Crippen LogP) is 3.91. The molecular weight excluding hydrogens is 390 g/mol. The molecule has 0 spiro atoms. The van der Waals surface area contributed by atoms with Crippen molar-refractivity contribution in [1.29, 1.82) is 0 Å². The molecule has 0 saturated carbocycles. The van der Waals surface area contributed by atoms with E-state index < -0.39 is 17.7 Å². The number of hydrogen-bond donors (Lipinski definition) is 1. The van der Waals surface area contributed by atoms with Gasteiger partial charge in [-0.25, -0.2) is 0 Å². The van der Waals surface area contributed by atoms with Crippen molar-refractivity contribution in [3.63, 3.8) is 0 Å². The molecule has 1 atom stereocenters. The summed E-state index contributed by atoms with van der Waals surface area (Å²) in [5.41, 5.74) is 1.42. The molecule has 0 aliphatic carbocycles. The van der Waals surface area contributed by atoms with Gasteiger partial charge in [0.25, 0.3) is 11.7 Å². The molecule has 2 heterocycles. The number of thiophene rings is 1. The summed E-state index contributed by atoms with van der Waals surface area (Å²) in [5.74, 6) is -1.13. The second kappa shape index (κ2) is 8.80. The number of hydrogen-bond acceptors (Lipinski definition) is 6. The third-order valence-electron chi connectivity index (χ3n) is 4.84. The molecule has 7 heteroatoms. The van der Waals surface area contributed by atoms with E-state index in [1.54, 1.807) is 24.3 Å². The van der Waals surface area contributed by atoms with Crippen molar-refractivity contribution < 1.29 is 24.2 Å². The van der Waals surface area contributed by atoms with Crippen molar-refractivity contribution in [1.82, 2.24) is 4.90 Å². The van der Waals surface area contributed by atoms with E-state index in [9.17, 15) is 14.7 Å². The zero-order valence-corrected chi connectivity index (χ0v) is 17.8. The van der Waals surface area contributed by atoms with E-state index in [1.165, 1.54) is 23.3 Å². The van der Waals surface area contributed by atoms with Crippen LogP contribution >= 0.6 is 11.3 Å². The first-order valence-corrected chi connectivity index (χ1v) is 10.3. The maximum atomic E-state index is 13.0. The van der Waals surface area contributed by atoms with Crippen LogP contribution in [0, 0.1) is 6.92 Å². The smallest absolute Gasteiger partial charge is 0.295 e. The summed E-state index contributed by atoms with van der Waals surface area (Å²) >= 11 is 1.46. The first-order valence-electron chi connectivity index (χ1n) is 9.44. The predicted molar refractivity (Wildman–Crippen MR) is 112 cm³/mol. The summed E-state index contributed by atoms with van der Waals surface area (Å²) in [6.45, 7) is 6.32. The molecule has 1 aliphatic rings. The number of benzene rings is 1. The van der Waals surface area contributed by atoms with Crippen LogP contribution in [0.4, 0.5) is 0 Å². The number of para-hydroxylation sites is 1. The Hall–Kier alpha value is -2.64. The summed E-state index contributed by atoms with van der Waals surface area (Å²) in [4.78, 5) is 28.1. The minimum atomic E-state index is -0.698. The van der Waals surface area contributed by atoms with Gasteiger partial charge in [0, 0.05) is 11.4 Å². The molecule has 0 bridgehead atoms. The zero-order chi connectivity index (χ0) is 21.1. The van der Waals surface area contributed by atoms with E-state index in [4.69, 9.17) is 9.47 Å². The number of carbonyl (C=O) groups excluding carboxylic acids is 2. The third kappa shape index (κ3) is 4.06. The Kier molecular flexibility index (Phi) is 6.39. The van der Waals surface area contributed by atoms with Gasteiger partial charge in [-0.05, 0) is 49.9 Å². The Balaban J connectivity index is 2.12. The Bertz CT molecular complexity index is 946. The van der Waals surface area contributed by atoms with E-state index in [1.807, 2.05) is 32.2 Å². The number of aliphatic hydroxyl groups is 1. The highest BCUT2D eigenvalue weighted by molar-refractivity contribution is 7.10. The topological polar surface area (TPSA) is 76.1 Å². The molecule has 6 nitrogen and oxygen atoms in total.